The Morgan fingerprint density at radius 1 is 1.43 bits per heavy atom. The van der Waals surface area contributed by atoms with Gasteiger partial charge in [-0.1, -0.05) is 6.92 Å². The van der Waals surface area contributed by atoms with Gasteiger partial charge in [-0.25, -0.2) is 8.42 Å². The van der Waals surface area contributed by atoms with E-state index in [2.05, 4.69) is 17.6 Å². The molecule has 1 amide bonds. The largest absolute Gasteiger partial charge is 0.351 e. The normalized spacial score (nSPS) is 21.8. The van der Waals surface area contributed by atoms with E-state index < -0.39 is 15.4 Å². The number of piperidine rings is 1. The van der Waals surface area contributed by atoms with Gasteiger partial charge in [0.1, 0.15) is 9.84 Å². The zero-order chi connectivity index (χ0) is 16.1. The Morgan fingerprint density at radius 3 is 2.62 bits per heavy atom. The van der Waals surface area contributed by atoms with Gasteiger partial charge in [0, 0.05) is 18.2 Å². The predicted octanol–water partition coefficient (Wildman–Crippen LogP) is 1.34. The maximum atomic E-state index is 12.2. The van der Waals surface area contributed by atoms with Crippen LogP contribution >= 0.6 is 0 Å². The summed E-state index contributed by atoms with van der Waals surface area (Å²) >= 11 is 0. The molecule has 21 heavy (non-hydrogen) atoms. The highest BCUT2D eigenvalue weighted by atomic mass is 32.2. The minimum absolute atomic E-state index is 0.0200. The summed E-state index contributed by atoms with van der Waals surface area (Å²) in [6.07, 6.45) is 4.53. The van der Waals surface area contributed by atoms with Crippen molar-refractivity contribution in [2.24, 2.45) is 11.8 Å². The summed E-state index contributed by atoms with van der Waals surface area (Å²) in [5.41, 5.74) is -0.481. The lowest BCUT2D eigenvalue weighted by Crippen LogP contribution is -2.45. The zero-order valence-corrected chi connectivity index (χ0v) is 14.6. The number of carbonyl (C=O) groups is 1. The fraction of sp³-hybridized carbons (Fsp3) is 0.933. The van der Waals surface area contributed by atoms with Gasteiger partial charge in [0.2, 0.25) is 5.91 Å². The van der Waals surface area contributed by atoms with E-state index in [4.69, 9.17) is 0 Å². The van der Waals surface area contributed by atoms with Crippen LogP contribution in [0, 0.1) is 11.8 Å². The van der Waals surface area contributed by atoms with E-state index in [1.807, 2.05) is 13.8 Å². The first-order chi connectivity index (χ1) is 9.59. The summed E-state index contributed by atoms with van der Waals surface area (Å²) in [6, 6.07) is 0. The SMILES string of the molecule is CC(CC(=O)NC(C)(C)CCS(C)(=O)=O)C1CCCNC1. The monoisotopic (exact) mass is 318 g/mol. The molecule has 1 rings (SSSR count). The third-order valence-corrected chi connectivity index (χ3v) is 5.17. The average Bonchev–Trinajstić information content (AvgIpc) is 2.36. The summed E-state index contributed by atoms with van der Waals surface area (Å²) in [5.74, 6) is 1.03. The lowest BCUT2D eigenvalue weighted by atomic mass is 9.85. The predicted molar refractivity (Wildman–Crippen MR) is 85.9 cm³/mol. The molecule has 1 fully saturated rings. The Kier molecular flexibility index (Phi) is 6.66. The molecule has 0 radical (unpaired) electrons. The highest BCUT2D eigenvalue weighted by Crippen LogP contribution is 2.23. The molecular formula is C15H30N2O3S. The van der Waals surface area contributed by atoms with Crippen molar-refractivity contribution in [3.05, 3.63) is 0 Å². The molecule has 124 valence electrons. The van der Waals surface area contributed by atoms with Crippen LogP contribution in [0.1, 0.15) is 46.5 Å². The summed E-state index contributed by atoms with van der Waals surface area (Å²) in [7, 11) is -2.99. The number of amides is 1. The van der Waals surface area contributed by atoms with Crippen LogP contribution in [0.4, 0.5) is 0 Å². The molecule has 2 unspecified atom stereocenters. The highest BCUT2D eigenvalue weighted by Gasteiger charge is 2.26. The van der Waals surface area contributed by atoms with Gasteiger partial charge in [-0.2, -0.15) is 0 Å². The molecule has 1 aliphatic rings. The van der Waals surface area contributed by atoms with Gasteiger partial charge in [-0.15, -0.1) is 0 Å². The Bertz CT molecular complexity index is 440. The lowest BCUT2D eigenvalue weighted by molar-refractivity contribution is -0.124. The van der Waals surface area contributed by atoms with E-state index in [9.17, 15) is 13.2 Å². The van der Waals surface area contributed by atoms with Gasteiger partial charge < -0.3 is 10.6 Å². The lowest BCUT2D eigenvalue weighted by Gasteiger charge is -2.30. The van der Waals surface area contributed by atoms with Gasteiger partial charge in [0.05, 0.1) is 5.75 Å². The van der Waals surface area contributed by atoms with E-state index in [-0.39, 0.29) is 11.7 Å². The summed E-state index contributed by atoms with van der Waals surface area (Å²) in [4.78, 5) is 12.2. The molecule has 6 heteroatoms. The number of rotatable bonds is 7. The Morgan fingerprint density at radius 2 is 2.10 bits per heavy atom. The van der Waals surface area contributed by atoms with Crippen molar-refractivity contribution >= 4 is 15.7 Å². The number of carbonyl (C=O) groups excluding carboxylic acids is 1. The molecule has 0 saturated carbocycles. The second kappa shape index (κ2) is 7.58. The van der Waals surface area contributed by atoms with Crippen molar-refractivity contribution in [1.29, 1.82) is 0 Å². The van der Waals surface area contributed by atoms with Crippen LogP contribution in [0.15, 0.2) is 0 Å². The highest BCUT2D eigenvalue weighted by molar-refractivity contribution is 7.90. The van der Waals surface area contributed by atoms with Gasteiger partial charge in [-0.05, 0) is 58.0 Å². The molecule has 0 bridgehead atoms. The molecule has 0 spiro atoms. The van der Waals surface area contributed by atoms with Crippen LogP contribution in [0.5, 0.6) is 0 Å². The van der Waals surface area contributed by atoms with Gasteiger partial charge in [-0.3, -0.25) is 4.79 Å². The van der Waals surface area contributed by atoms with Crippen LogP contribution in [-0.4, -0.2) is 45.0 Å². The summed E-state index contributed by atoms with van der Waals surface area (Å²) < 4.78 is 22.5. The van der Waals surface area contributed by atoms with Crippen molar-refractivity contribution in [1.82, 2.24) is 10.6 Å². The molecule has 0 aliphatic carbocycles. The molecule has 1 saturated heterocycles. The van der Waals surface area contributed by atoms with Crippen LogP contribution in [0.25, 0.3) is 0 Å². The molecular weight excluding hydrogens is 288 g/mol. The first-order valence-electron chi connectivity index (χ1n) is 7.78. The molecule has 2 atom stereocenters. The third-order valence-electron chi connectivity index (χ3n) is 4.22. The van der Waals surface area contributed by atoms with Crippen LogP contribution in [-0.2, 0) is 14.6 Å². The molecule has 2 N–H and O–H groups in total. The minimum Gasteiger partial charge on any atom is -0.351 e. The first kappa shape index (κ1) is 18.4. The maximum absolute atomic E-state index is 12.2. The van der Waals surface area contributed by atoms with Crippen molar-refractivity contribution in [3.8, 4) is 0 Å². The van der Waals surface area contributed by atoms with Crippen molar-refractivity contribution < 1.29 is 13.2 Å². The number of nitrogens with one attached hydrogen (secondary N) is 2. The standard InChI is InChI=1S/C15H30N2O3S/c1-12(13-6-5-8-16-11-13)10-14(18)17-15(2,3)7-9-21(4,19)20/h12-13,16H,5-11H2,1-4H3,(H,17,18). The molecule has 0 aromatic rings. The molecule has 1 aliphatic heterocycles. The quantitative estimate of drug-likeness (QED) is 0.743. The van der Waals surface area contributed by atoms with E-state index >= 15 is 0 Å². The van der Waals surface area contributed by atoms with Crippen molar-refractivity contribution in [2.75, 3.05) is 25.1 Å². The fourth-order valence-corrected chi connectivity index (χ4v) is 3.64. The smallest absolute Gasteiger partial charge is 0.220 e. The Balaban J connectivity index is 2.40. The van der Waals surface area contributed by atoms with Crippen LogP contribution in [0.3, 0.4) is 0 Å². The van der Waals surface area contributed by atoms with Gasteiger partial charge in [0.25, 0.3) is 0 Å². The van der Waals surface area contributed by atoms with Gasteiger partial charge >= 0.3 is 0 Å². The molecule has 5 nitrogen and oxygen atoms in total. The van der Waals surface area contributed by atoms with E-state index in [1.165, 1.54) is 19.1 Å². The molecule has 1 heterocycles. The second-order valence-corrected chi connectivity index (χ2v) is 9.36. The van der Waals surface area contributed by atoms with Crippen molar-refractivity contribution in [3.63, 3.8) is 0 Å². The Hall–Kier alpha value is -0.620. The molecule has 0 aromatic carbocycles. The van der Waals surface area contributed by atoms with Crippen LogP contribution in [0.2, 0.25) is 0 Å². The number of sulfone groups is 1. The minimum atomic E-state index is -2.99. The first-order valence-corrected chi connectivity index (χ1v) is 9.84. The van der Waals surface area contributed by atoms with E-state index in [0.717, 1.165) is 13.1 Å². The third kappa shape index (κ3) is 7.81. The topological polar surface area (TPSA) is 75.3 Å². The van der Waals surface area contributed by atoms with Crippen molar-refractivity contribution in [2.45, 2.75) is 52.0 Å². The average molecular weight is 318 g/mol. The Labute approximate surface area is 129 Å². The molecule has 0 aromatic heterocycles. The fourth-order valence-electron chi connectivity index (χ4n) is 2.76. The van der Waals surface area contributed by atoms with Gasteiger partial charge in [0.15, 0.2) is 0 Å². The summed E-state index contributed by atoms with van der Waals surface area (Å²) in [6.45, 7) is 7.95. The maximum Gasteiger partial charge on any atom is 0.220 e. The zero-order valence-electron chi connectivity index (χ0n) is 13.7. The van der Waals surface area contributed by atoms with E-state index in [0.29, 0.717) is 24.7 Å². The summed E-state index contributed by atoms with van der Waals surface area (Å²) in [5, 5.41) is 6.35. The second-order valence-electron chi connectivity index (χ2n) is 7.10. The number of hydrogen-bond acceptors (Lipinski definition) is 4. The number of hydrogen-bond donors (Lipinski definition) is 2. The van der Waals surface area contributed by atoms with E-state index in [1.54, 1.807) is 0 Å². The van der Waals surface area contributed by atoms with Crippen LogP contribution < -0.4 is 10.6 Å².